The van der Waals surface area contributed by atoms with Crippen LogP contribution >= 0.6 is 23.6 Å². The van der Waals surface area contributed by atoms with E-state index < -0.39 is 17.7 Å². The van der Waals surface area contributed by atoms with Crippen LogP contribution in [-0.2, 0) is 4.74 Å². The van der Waals surface area contributed by atoms with Crippen molar-refractivity contribution in [3.05, 3.63) is 28.5 Å². The van der Waals surface area contributed by atoms with Crippen molar-refractivity contribution in [3.63, 3.8) is 0 Å². The van der Waals surface area contributed by atoms with E-state index in [2.05, 4.69) is 20.6 Å². The number of aromatic hydroxyl groups is 1. The van der Waals surface area contributed by atoms with E-state index in [9.17, 15) is 9.18 Å². The molecule has 0 bridgehead atoms. The van der Waals surface area contributed by atoms with Crippen LogP contribution in [0.3, 0.4) is 0 Å². The van der Waals surface area contributed by atoms with Crippen molar-refractivity contribution in [2.24, 2.45) is 0 Å². The van der Waals surface area contributed by atoms with Crippen LogP contribution in [0.2, 0.25) is 0 Å². The first-order valence-electron chi connectivity index (χ1n) is 6.04. The van der Waals surface area contributed by atoms with Gasteiger partial charge in [0.05, 0.1) is 24.0 Å². The zero-order chi connectivity index (χ0) is 16.1. The molecule has 0 radical (unpaired) electrons. The molecule has 2 rings (SSSR count). The Bertz CT molecular complexity index is 707. The fraction of sp³-hybridized carbons (Fsp3) is 0.167. The molecule has 0 saturated carbocycles. The number of halogens is 1. The van der Waals surface area contributed by atoms with Gasteiger partial charge in [0.15, 0.2) is 21.6 Å². The average molecular weight is 342 g/mol. The van der Waals surface area contributed by atoms with Gasteiger partial charge in [0.25, 0.3) is 0 Å². The maximum Gasteiger partial charge on any atom is 0.352 e. The highest BCUT2D eigenvalue weighted by Gasteiger charge is 2.17. The highest BCUT2D eigenvalue weighted by molar-refractivity contribution is 7.80. The summed E-state index contributed by atoms with van der Waals surface area (Å²) in [6, 6.07) is 1.03. The van der Waals surface area contributed by atoms with Crippen molar-refractivity contribution in [2.45, 2.75) is 6.92 Å². The van der Waals surface area contributed by atoms with Gasteiger partial charge in [0, 0.05) is 6.07 Å². The Hall–Kier alpha value is -2.33. The minimum absolute atomic E-state index is 0.0864. The number of hydrogen-bond acceptors (Lipinski definition) is 7. The lowest BCUT2D eigenvalue weighted by Crippen LogP contribution is -2.21. The minimum atomic E-state index is -0.881. The van der Waals surface area contributed by atoms with Gasteiger partial charge >= 0.3 is 5.97 Å². The molecule has 0 amide bonds. The van der Waals surface area contributed by atoms with Gasteiger partial charge in [-0.3, -0.25) is 0 Å². The molecule has 0 atom stereocenters. The molecular formula is C12H11FN4O3S2. The molecule has 0 fully saturated rings. The van der Waals surface area contributed by atoms with Crippen LogP contribution in [0.5, 0.6) is 5.88 Å². The Balaban J connectivity index is 2.05. The predicted molar refractivity (Wildman–Crippen MR) is 83.8 cm³/mol. The highest BCUT2D eigenvalue weighted by Crippen LogP contribution is 2.21. The third-order valence-corrected chi connectivity index (χ3v) is 3.35. The number of nitrogens with one attached hydrogen (secondary N) is 2. The zero-order valence-corrected chi connectivity index (χ0v) is 12.9. The number of carbonyl (C=O) groups excluding carboxylic acids is 1. The molecule has 0 saturated heterocycles. The van der Waals surface area contributed by atoms with Crippen LogP contribution in [0.15, 0.2) is 17.8 Å². The molecule has 0 aromatic carbocycles. The summed E-state index contributed by atoms with van der Waals surface area (Å²) in [4.78, 5) is 19.4. The Labute approximate surface area is 134 Å². The number of aromatic nitrogens is 2. The number of hydrogen-bond donors (Lipinski definition) is 3. The van der Waals surface area contributed by atoms with Crippen molar-refractivity contribution in [2.75, 3.05) is 17.2 Å². The van der Waals surface area contributed by atoms with Crippen LogP contribution in [-0.4, -0.2) is 32.8 Å². The summed E-state index contributed by atoms with van der Waals surface area (Å²) >= 11 is 6.16. The fourth-order valence-electron chi connectivity index (χ4n) is 1.45. The number of nitrogens with zero attached hydrogens (tertiary/aromatic N) is 2. The van der Waals surface area contributed by atoms with Gasteiger partial charge in [-0.2, -0.15) is 0 Å². The van der Waals surface area contributed by atoms with E-state index in [1.54, 1.807) is 6.92 Å². The quantitative estimate of drug-likeness (QED) is 0.576. The lowest BCUT2D eigenvalue weighted by Gasteiger charge is -2.09. The molecule has 2 aromatic rings. The van der Waals surface area contributed by atoms with E-state index in [1.165, 1.54) is 11.7 Å². The number of ether oxygens (including phenoxy) is 1. The van der Waals surface area contributed by atoms with Gasteiger partial charge in [0.2, 0.25) is 5.88 Å². The maximum atomic E-state index is 13.2. The smallest absolute Gasteiger partial charge is 0.352 e. The van der Waals surface area contributed by atoms with E-state index in [1.807, 2.05) is 0 Å². The van der Waals surface area contributed by atoms with Crippen molar-refractivity contribution in [1.82, 2.24) is 9.97 Å². The van der Waals surface area contributed by atoms with Gasteiger partial charge < -0.3 is 20.5 Å². The van der Waals surface area contributed by atoms with Gasteiger partial charge in [-0.05, 0) is 19.1 Å². The molecule has 116 valence electrons. The summed E-state index contributed by atoms with van der Waals surface area (Å²) in [5, 5.41) is 14.5. The topological polar surface area (TPSA) is 96.4 Å². The molecule has 0 aliphatic carbocycles. The second kappa shape index (κ2) is 7.09. The summed E-state index contributed by atoms with van der Waals surface area (Å²) in [6.07, 6.45) is 1.21. The van der Waals surface area contributed by atoms with Gasteiger partial charge in [-0.15, -0.1) is 11.3 Å². The standard InChI is InChI=1S/C12H11FN4O3S2/c1-2-20-11(19)8-9(15-5-22-8)17-12(21)16-6-3-7(13)10(18)14-4-6/h3-5H,2H2,1H3,(H,14,18)(H2,16,17,21). The number of anilines is 2. The second-order valence-electron chi connectivity index (χ2n) is 3.86. The van der Waals surface area contributed by atoms with Crippen molar-refractivity contribution >= 4 is 46.1 Å². The Morgan fingerprint density at radius 1 is 1.50 bits per heavy atom. The Morgan fingerprint density at radius 2 is 2.27 bits per heavy atom. The first-order chi connectivity index (χ1) is 10.5. The zero-order valence-electron chi connectivity index (χ0n) is 11.3. The van der Waals surface area contributed by atoms with Crippen LogP contribution in [0.25, 0.3) is 0 Å². The molecule has 10 heteroatoms. The number of thiazole rings is 1. The van der Waals surface area contributed by atoms with Gasteiger partial charge in [0.1, 0.15) is 0 Å². The second-order valence-corrected chi connectivity index (χ2v) is 5.12. The van der Waals surface area contributed by atoms with E-state index in [0.717, 1.165) is 17.4 Å². The van der Waals surface area contributed by atoms with Crippen LogP contribution in [0.4, 0.5) is 15.9 Å². The number of thiocarbonyl (C=S) groups is 1. The third kappa shape index (κ3) is 3.86. The van der Waals surface area contributed by atoms with E-state index in [4.69, 9.17) is 22.1 Å². The SMILES string of the molecule is CCOC(=O)c1scnc1NC(=S)Nc1cnc(O)c(F)c1. The van der Waals surface area contributed by atoms with Gasteiger partial charge in [-0.25, -0.2) is 19.2 Å². The third-order valence-electron chi connectivity index (χ3n) is 2.34. The van der Waals surface area contributed by atoms with E-state index in [0.29, 0.717) is 0 Å². The van der Waals surface area contributed by atoms with Crippen LogP contribution in [0, 0.1) is 5.82 Å². The Morgan fingerprint density at radius 3 is 2.95 bits per heavy atom. The Kier molecular flexibility index (Phi) is 5.17. The lowest BCUT2D eigenvalue weighted by atomic mass is 10.4. The first-order valence-corrected chi connectivity index (χ1v) is 7.33. The molecule has 0 unspecified atom stereocenters. The molecule has 3 N–H and O–H groups in total. The summed E-state index contributed by atoms with van der Waals surface area (Å²) < 4.78 is 18.1. The molecule has 0 spiro atoms. The largest absolute Gasteiger partial charge is 0.491 e. The first kappa shape index (κ1) is 16.0. The molecule has 0 aliphatic rings. The van der Waals surface area contributed by atoms with E-state index >= 15 is 0 Å². The fourth-order valence-corrected chi connectivity index (χ4v) is 2.29. The number of pyridine rings is 1. The average Bonchev–Trinajstić information content (AvgIpc) is 2.91. The number of rotatable bonds is 4. The van der Waals surface area contributed by atoms with Crippen LogP contribution in [0.1, 0.15) is 16.6 Å². The molecular weight excluding hydrogens is 331 g/mol. The monoisotopic (exact) mass is 342 g/mol. The molecule has 2 aromatic heterocycles. The van der Waals surface area contributed by atoms with Gasteiger partial charge in [-0.1, -0.05) is 0 Å². The summed E-state index contributed by atoms with van der Waals surface area (Å²) in [5.41, 5.74) is 1.71. The number of esters is 1. The normalized spacial score (nSPS) is 10.1. The van der Waals surface area contributed by atoms with Crippen molar-refractivity contribution in [3.8, 4) is 5.88 Å². The minimum Gasteiger partial charge on any atom is -0.491 e. The van der Waals surface area contributed by atoms with Crippen molar-refractivity contribution in [1.29, 1.82) is 0 Å². The van der Waals surface area contributed by atoms with Crippen molar-refractivity contribution < 1.29 is 19.0 Å². The lowest BCUT2D eigenvalue weighted by molar-refractivity contribution is 0.0533. The summed E-state index contributed by atoms with van der Waals surface area (Å²) in [7, 11) is 0. The van der Waals surface area contributed by atoms with E-state index in [-0.39, 0.29) is 28.1 Å². The summed E-state index contributed by atoms with van der Waals surface area (Å²) in [5.74, 6) is -1.84. The predicted octanol–water partition coefficient (Wildman–Crippen LogP) is 2.37. The molecule has 0 aliphatic heterocycles. The number of carbonyl (C=O) groups is 1. The highest BCUT2D eigenvalue weighted by atomic mass is 32.1. The molecule has 22 heavy (non-hydrogen) atoms. The molecule has 7 nitrogen and oxygen atoms in total. The van der Waals surface area contributed by atoms with Crippen LogP contribution < -0.4 is 10.6 Å². The maximum absolute atomic E-state index is 13.2. The molecule has 2 heterocycles. The summed E-state index contributed by atoms with van der Waals surface area (Å²) in [6.45, 7) is 1.95.